The van der Waals surface area contributed by atoms with Gasteiger partial charge in [0, 0.05) is 17.3 Å². The summed E-state index contributed by atoms with van der Waals surface area (Å²) in [6.45, 7) is 4.91. The first-order valence-corrected chi connectivity index (χ1v) is 11.1. The molecule has 0 saturated heterocycles. The van der Waals surface area contributed by atoms with Crippen LogP contribution in [0.2, 0.25) is 0 Å². The number of carboxylic acid groups (broad SMARTS) is 1. The predicted molar refractivity (Wildman–Crippen MR) is 118 cm³/mol. The molecule has 0 spiro atoms. The van der Waals surface area contributed by atoms with Crippen LogP contribution in [0, 0.1) is 10.8 Å². The number of rotatable bonds is 16. The SMILES string of the molecule is CCC(CO)(CO)CO.CCC(CO)(CO)CO.CCCCCCCCCC(=O)O. The molecule has 184 valence electrons. The van der Waals surface area contributed by atoms with E-state index in [0.29, 0.717) is 19.3 Å². The topological polar surface area (TPSA) is 159 Å². The van der Waals surface area contributed by atoms with Crippen LogP contribution in [-0.2, 0) is 4.79 Å². The molecule has 0 aromatic carbocycles. The van der Waals surface area contributed by atoms with Gasteiger partial charge in [-0.25, -0.2) is 0 Å². The predicted octanol–water partition coefficient (Wildman–Crippen LogP) is 1.93. The van der Waals surface area contributed by atoms with Crippen LogP contribution in [0.3, 0.4) is 0 Å². The summed E-state index contributed by atoms with van der Waals surface area (Å²) in [6.07, 6.45) is 9.83. The van der Waals surface area contributed by atoms with Crippen molar-refractivity contribution in [1.82, 2.24) is 0 Å². The first-order valence-electron chi connectivity index (χ1n) is 11.1. The summed E-state index contributed by atoms with van der Waals surface area (Å²) in [6, 6.07) is 0. The number of carboxylic acids is 1. The lowest BCUT2D eigenvalue weighted by atomic mass is 9.88. The van der Waals surface area contributed by atoms with Crippen LogP contribution in [-0.4, -0.2) is 81.4 Å². The van der Waals surface area contributed by atoms with Gasteiger partial charge in [-0.2, -0.15) is 0 Å². The summed E-state index contributed by atoms with van der Waals surface area (Å²) in [7, 11) is 0. The van der Waals surface area contributed by atoms with Crippen LogP contribution in [0.1, 0.15) is 85.0 Å². The second-order valence-corrected chi connectivity index (χ2v) is 7.92. The average molecular weight is 441 g/mol. The van der Waals surface area contributed by atoms with Crippen LogP contribution < -0.4 is 0 Å². The normalized spacial score (nSPS) is 11.2. The van der Waals surface area contributed by atoms with E-state index in [2.05, 4.69) is 6.92 Å². The van der Waals surface area contributed by atoms with Crippen molar-refractivity contribution in [2.45, 2.75) is 85.0 Å². The lowest BCUT2D eigenvalue weighted by molar-refractivity contribution is -0.137. The molecule has 0 aliphatic rings. The maximum Gasteiger partial charge on any atom is 0.303 e. The van der Waals surface area contributed by atoms with Crippen LogP contribution >= 0.6 is 0 Å². The molecule has 8 heteroatoms. The minimum Gasteiger partial charge on any atom is -0.481 e. The van der Waals surface area contributed by atoms with Crippen molar-refractivity contribution >= 4 is 5.97 Å². The highest BCUT2D eigenvalue weighted by atomic mass is 16.4. The number of aliphatic hydroxyl groups excluding tert-OH is 6. The fraction of sp³-hybridized carbons (Fsp3) is 0.955. The standard InChI is InChI=1S/C10H20O2.2C6H14O3/c1-2-3-4-5-6-7-8-9-10(11)12;2*1-2-6(3-7,4-8)5-9/h2-9H2,1H3,(H,11,12);2*7-9H,2-5H2,1H3. The molecule has 0 aromatic heterocycles. The Hall–Kier alpha value is -0.770. The Bertz CT molecular complexity index is 300. The molecule has 0 rings (SSSR count). The summed E-state index contributed by atoms with van der Waals surface area (Å²) < 4.78 is 0. The first-order chi connectivity index (χ1) is 14.3. The molecule has 0 saturated carbocycles. The molecule has 0 bridgehead atoms. The fourth-order valence-corrected chi connectivity index (χ4v) is 2.20. The zero-order chi connectivity index (χ0) is 23.9. The molecular weight excluding hydrogens is 392 g/mol. The van der Waals surface area contributed by atoms with E-state index < -0.39 is 16.8 Å². The summed E-state index contributed by atoms with van der Waals surface area (Å²) in [4.78, 5) is 10.1. The van der Waals surface area contributed by atoms with Gasteiger partial charge in [0.1, 0.15) is 0 Å². The second-order valence-electron chi connectivity index (χ2n) is 7.92. The van der Waals surface area contributed by atoms with E-state index in [1.807, 2.05) is 13.8 Å². The number of aliphatic hydroxyl groups is 6. The molecule has 0 amide bonds. The van der Waals surface area contributed by atoms with Gasteiger partial charge in [-0.15, -0.1) is 0 Å². The minimum absolute atomic E-state index is 0.156. The van der Waals surface area contributed by atoms with E-state index in [0.717, 1.165) is 12.8 Å². The van der Waals surface area contributed by atoms with Crippen molar-refractivity contribution in [1.29, 1.82) is 0 Å². The van der Waals surface area contributed by atoms with Crippen molar-refractivity contribution in [3.63, 3.8) is 0 Å². The van der Waals surface area contributed by atoms with Crippen LogP contribution in [0.15, 0.2) is 0 Å². The third-order valence-electron chi connectivity index (χ3n) is 5.51. The Morgan fingerprint density at radius 3 is 1.07 bits per heavy atom. The van der Waals surface area contributed by atoms with Gasteiger partial charge in [0.25, 0.3) is 0 Å². The Labute approximate surface area is 182 Å². The van der Waals surface area contributed by atoms with Gasteiger partial charge in [-0.1, -0.05) is 59.3 Å². The Morgan fingerprint density at radius 1 is 0.567 bits per heavy atom. The van der Waals surface area contributed by atoms with E-state index >= 15 is 0 Å². The van der Waals surface area contributed by atoms with Crippen molar-refractivity contribution in [3.05, 3.63) is 0 Å². The van der Waals surface area contributed by atoms with Gasteiger partial charge in [0.15, 0.2) is 0 Å². The van der Waals surface area contributed by atoms with Gasteiger partial charge < -0.3 is 35.7 Å². The number of hydrogen-bond donors (Lipinski definition) is 7. The van der Waals surface area contributed by atoms with Crippen molar-refractivity contribution in [2.75, 3.05) is 39.6 Å². The fourth-order valence-electron chi connectivity index (χ4n) is 2.20. The maximum absolute atomic E-state index is 10.1. The van der Waals surface area contributed by atoms with Gasteiger partial charge in [-0.3, -0.25) is 4.79 Å². The van der Waals surface area contributed by atoms with Crippen molar-refractivity contribution < 1.29 is 40.5 Å². The quantitative estimate of drug-likeness (QED) is 0.179. The molecule has 0 atom stereocenters. The number of carbonyl (C=O) groups is 1. The van der Waals surface area contributed by atoms with Crippen molar-refractivity contribution in [2.24, 2.45) is 10.8 Å². The van der Waals surface area contributed by atoms with E-state index in [1.165, 1.54) is 32.1 Å². The van der Waals surface area contributed by atoms with E-state index in [1.54, 1.807) is 0 Å². The lowest BCUT2D eigenvalue weighted by Gasteiger charge is -2.24. The van der Waals surface area contributed by atoms with Crippen LogP contribution in [0.25, 0.3) is 0 Å². The molecule has 0 aliphatic heterocycles. The Morgan fingerprint density at radius 2 is 0.867 bits per heavy atom. The summed E-state index contributed by atoms with van der Waals surface area (Å²) in [5.74, 6) is -0.663. The van der Waals surface area contributed by atoms with Crippen LogP contribution in [0.5, 0.6) is 0 Å². The molecule has 30 heavy (non-hydrogen) atoms. The summed E-state index contributed by atoms with van der Waals surface area (Å²) in [5.41, 5.74) is -1.33. The molecule has 0 aromatic rings. The molecule has 0 radical (unpaired) electrons. The molecule has 7 N–H and O–H groups in total. The molecule has 0 aliphatic carbocycles. The van der Waals surface area contributed by atoms with Crippen LogP contribution in [0.4, 0.5) is 0 Å². The zero-order valence-electron chi connectivity index (χ0n) is 19.4. The molecule has 8 nitrogen and oxygen atoms in total. The van der Waals surface area contributed by atoms with E-state index in [9.17, 15) is 4.79 Å². The van der Waals surface area contributed by atoms with Gasteiger partial charge in [0.2, 0.25) is 0 Å². The van der Waals surface area contributed by atoms with Gasteiger partial charge >= 0.3 is 5.97 Å². The highest BCUT2D eigenvalue weighted by Gasteiger charge is 2.25. The third kappa shape index (κ3) is 18.0. The third-order valence-corrected chi connectivity index (χ3v) is 5.51. The average Bonchev–Trinajstić information content (AvgIpc) is 2.78. The molecular formula is C22H48O8. The molecule has 0 fully saturated rings. The minimum atomic E-state index is -0.667. The Kier molecular flexibility index (Phi) is 25.9. The smallest absolute Gasteiger partial charge is 0.303 e. The maximum atomic E-state index is 10.1. The second kappa shape index (κ2) is 22.9. The lowest BCUT2D eigenvalue weighted by Crippen LogP contribution is -2.32. The molecule has 0 unspecified atom stereocenters. The highest BCUT2D eigenvalue weighted by molar-refractivity contribution is 5.66. The van der Waals surface area contributed by atoms with E-state index in [4.69, 9.17) is 35.7 Å². The first kappa shape index (κ1) is 33.9. The number of aliphatic carboxylic acids is 1. The molecule has 0 heterocycles. The number of hydrogen-bond acceptors (Lipinski definition) is 7. The van der Waals surface area contributed by atoms with Crippen molar-refractivity contribution in [3.8, 4) is 0 Å². The van der Waals surface area contributed by atoms with E-state index in [-0.39, 0.29) is 39.6 Å². The largest absolute Gasteiger partial charge is 0.481 e. The number of unbranched alkanes of at least 4 members (excludes halogenated alkanes) is 6. The van der Waals surface area contributed by atoms with Gasteiger partial charge in [-0.05, 0) is 19.3 Å². The highest BCUT2D eigenvalue weighted by Crippen LogP contribution is 2.19. The van der Waals surface area contributed by atoms with Gasteiger partial charge in [0.05, 0.1) is 39.6 Å². The summed E-state index contributed by atoms with van der Waals surface area (Å²) in [5, 5.41) is 60.3. The monoisotopic (exact) mass is 440 g/mol. The summed E-state index contributed by atoms with van der Waals surface area (Å²) >= 11 is 0. The Balaban J connectivity index is -0.000000371. The zero-order valence-corrected chi connectivity index (χ0v) is 19.4.